The summed E-state index contributed by atoms with van der Waals surface area (Å²) in [6, 6.07) is 9.77. The maximum Gasteiger partial charge on any atom is 0.251 e. The van der Waals surface area contributed by atoms with Gasteiger partial charge in [0, 0.05) is 5.75 Å². The van der Waals surface area contributed by atoms with E-state index in [1.807, 2.05) is 25.1 Å². The fraction of sp³-hybridized carbons (Fsp3) is 0.143. The van der Waals surface area contributed by atoms with Crippen molar-refractivity contribution >= 4 is 23.4 Å². The number of rotatable bonds is 4. The Bertz CT molecular complexity index is 613. The molecule has 98 valence electrons. The summed E-state index contributed by atoms with van der Waals surface area (Å²) >= 11 is 1.48. The fourth-order valence-corrected chi connectivity index (χ4v) is 2.64. The van der Waals surface area contributed by atoms with Crippen molar-refractivity contribution in [2.75, 3.05) is 5.73 Å². The lowest BCUT2D eigenvalue weighted by molar-refractivity contribution is 0.0997. The van der Waals surface area contributed by atoms with Gasteiger partial charge in [0.15, 0.2) is 0 Å². The number of amides is 1. The van der Waals surface area contributed by atoms with Crippen molar-refractivity contribution in [1.82, 2.24) is 4.98 Å². The van der Waals surface area contributed by atoms with Crippen LogP contribution in [0.25, 0.3) is 0 Å². The molecule has 4 nitrogen and oxygen atoms in total. The average molecular weight is 273 g/mol. The number of nitrogen functional groups attached to an aromatic ring is 1. The van der Waals surface area contributed by atoms with E-state index in [4.69, 9.17) is 11.5 Å². The summed E-state index contributed by atoms with van der Waals surface area (Å²) in [6.45, 7) is 2.05. The van der Waals surface area contributed by atoms with Crippen LogP contribution < -0.4 is 11.5 Å². The van der Waals surface area contributed by atoms with Crippen molar-refractivity contribution in [1.29, 1.82) is 0 Å². The number of carbonyl (C=O) groups is 1. The SMILES string of the molecule is Cc1cccc(CSc2ncc(N)cc2C(N)=O)c1. The Hall–Kier alpha value is -2.01. The first kappa shape index (κ1) is 13.4. The van der Waals surface area contributed by atoms with E-state index in [0.717, 1.165) is 5.75 Å². The lowest BCUT2D eigenvalue weighted by Gasteiger charge is -2.07. The van der Waals surface area contributed by atoms with Gasteiger partial charge in [0.2, 0.25) is 0 Å². The summed E-state index contributed by atoms with van der Waals surface area (Å²) in [5.74, 6) is 0.227. The first-order chi connectivity index (χ1) is 9.06. The van der Waals surface area contributed by atoms with Gasteiger partial charge in [-0.25, -0.2) is 4.98 Å². The second-order valence-corrected chi connectivity index (χ2v) is 5.23. The van der Waals surface area contributed by atoms with E-state index in [-0.39, 0.29) is 0 Å². The van der Waals surface area contributed by atoms with E-state index in [1.165, 1.54) is 29.1 Å². The van der Waals surface area contributed by atoms with Crippen molar-refractivity contribution in [2.24, 2.45) is 5.73 Å². The lowest BCUT2D eigenvalue weighted by Crippen LogP contribution is -2.13. The van der Waals surface area contributed by atoms with Gasteiger partial charge in [-0.1, -0.05) is 29.8 Å². The molecule has 2 aromatic rings. The molecule has 0 aliphatic heterocycles. The van der Waals surface area contributed by atoms with Crippen LogP contribution in [0, 0.1) is 6.92 Å². The van der Waals surface area contributed by atoms with Crippen molar-refractivity contribution < 1.29 is 4.79 Å². The molecule has 5 heteroatoms. The number of thioether (sulfide) groups is 1. The highest BCUT2D eigenvalue weighted by molar-refractivity contribution is 7.98. The summed E-state index contributed by atoms with van der Waals surface area (Å²) in [5, 5.41) is 0.614. The summed E-state index contributed by atoms with van der Waals surface area (Å²) in [4.78, 5) is 15.5. The molecule has 0 saturated heterocycles. The number of hydrogen-bond donors (Lipinski definition) is 2. The van der Waals surface area contributed by atoms with E-state index >= 15 is 0 Å². The predicted molar refractivity (Wildman–Crippen MR) is 77.9 cm³/mol. The second-order valence-electron chi connectivity index (χ2n) is 4.26. The largest absolute Gasteiger partial charge is 0.397 e. The Kier molecular flexibility index (Phi) is 4.06. The monoisotopic (exact) mass is 273 g/mol. The quantitative estimate of drug-likeness (QED) is 0.838. The van der Waals surface area contributed by atoms with Gasteiger partial charge in [0.25, 0.3) is 5.91 Å². The smallest absolute Gasteiger partial charge is 0.251 e. The number of pyridine rings is 1. The molecule has 0 atom stereocenters. The van der Waals surface area contributed by atoms with Crippen LogP contribution in [-0.4, -0.2) is 10.9 Å². The molecule has 2 rings (SSSR count). The van der Waals surface area contributed by atoms with E-state index in [1.54, 1.807) is 6.07 Å². The standard InChI is InChI=1S/C14H15N3OS/c1-9-3-2-4-10(5-9)8-19-14-12(13(16)18)6-11(15)7-17-14/h2-7H,8,15H2,1H3,(H2,16,18). The molecular formula is C14H15N3OS. The Morgan fingerprint density at radius 2 is 2.16 bits per heavy atom. The number of nitrogens with two attached hydrogens (primary N) is 2. The molecule has 1 aromatic heterocycles. The maximum absolute atomic E-state index is 11.4. The van der Waals surface area contributed by atoms with Gasteiger partial charge in [-0.15, -0.1) is 11.8 Å². The Balaban J connectivity index is 2.17. The third kappa shape index (κ3) is 3.48. The zero-order chi connectivity index (χ0) is 13.8. The summed E-state index contributed by atoms with van der Waals surface area (Å²) in [6.07, 6.45) is 1.53. The number of hydrogen-bond acceptors (Lipinski definition) is 4. The number of nitrogens with zero attached hydrogens (tertiary/aromatic N) is 1. The highest BCUT2D eigenvalue weighted by Gasteiger charge is 2.11. The second kappa shape index (κ2) is 5.75. The van der Waals surface area contributed by atoms with Gasteiger partial charge in [0.05, 0.1) is 17.4 Å². The van der Waals surface area contributed by atoms with Crippen LogP contribution in [0.4, 0.5) is 5.69 Å². The Morgan fingerprint density at radius 1 is 1.37 bits per heavy atom. The molecule has 0 unspecified atom stereocenters. The number of benzene rings is 1. The van der Waals surface area contributed by atoms with E-state index in [2.05, 4.69) is 11.1 Å². The molecule has 0 aliphatic carbocycles. The molecule has 0 radical (unpaired) electrons. The molecule has 1 aromatic carbocycles. The van der Waals surface area contributed by atoms with Crippen molar-refractivity contribution in [2.45, 2.75) is 17.7 Å². The fourth-order valence-electron chi connectivity index (χ4n) is 1.71. The molecule has 1 heterocycles. The number of carbonyl (C=O) groups excluding carboxylic acids is 1. The van der Waals surface area contributed by atoms with Crippen LogP contribution in [0.3, 0.4) is 0 Å². The number of aromatic nitrogens is 1. The lowest BCUT2D eigenvalue weighted by atomic mass is 10.2. The van der Waals surface area contributed by atoms with E-state index in [9.17, 15) is 4.79 Å². The Morgan fingerprint density at radius 3 is 2.84 bits per heavy atom. The zero-order valence-electron chi connectivity index (χ0n) is 10.6. The van der Waals surface area contributed by atoms with Gasteiger partial charge in [-0.05, 0) is 18.6 Å². The minimum atomic E-state index is -0.508. The van der Waals surface area contributed by atoms with Gasteiger partial charge in [-0.3, -0.25) is 4.79 Å². The average Bonchev–Trinajstić information content (AvgIpc) is 2.37. The predicted octanol–water partition coefficient (Wildman–Crippen LogP) is 2.36. The first-order valence-corrected chi connectivity index (χ1v) is 6.78. The van der Waals surface area contributed by atoms with Crippen molar-refractivity contribution in [3.05, 3.63) is 53.2 Å². The van der Waals surface area contributed by atoms with Crippen LogP contribution in [0.1, 0.15) is 21.5 Å². The number of anilines is 1. The van der Waals surface area contributed by atoms with Crippen LogP contribution in [0.2, 0.25) is 0 Å². The van der Waals surface area contributed by atoms with Crippen molar-refractivity contribution in [3.8, 4) is 0 Å². The normalized spacial score (nSPS) is 10.4. The minimum Gasteiger partial charge on any atom is -0.397 e. The third-order valence-corrected chi connectivity index (χ3v) is 3.67. The van der Waals surface area contributed by atoms with Crippen LogP contribution >= 0.6 is 11.8 Å². The summed E-state index contributed by atoms with van der Waals surface area (Å²) < 4.78 is 0. The van der Waals surface area contributed by atoms with E-state index in [0.29, 0.717) is 16.3 Å². The number of primary amides is 1. The van der Waals surface area contributed by atoms with Gasteiger partial charge in [0.1, 0.15) is 5.03 Å². The van der Waals surface area contributed by atoms with Crippen molar-refractivity contribution in [3.63, 3.8) is 0 Å². The van der Waals surface area contributed by atoms with Gasteiger partial charge >= 0.3 is 0 Å². The van der Waals surface area contributed by atoms with E-state index < -0.39 is 5.91 Å². The molecule has 0 aliphatic rings. The molecule has 19 heavy (non-hydrogen) atoms. The third-order valence-electron chi connectivity index (χ3n) is 2.60. The zero-order valence-corrected chi connectivity index (χ0v) is 11.4. The highest BCUT2D eigenvalue weighted by Crippen LogP contribution is 2.25. The molecule has 0 bridgehead atoms. The first-order valence-electron chi connectivity index (χ1n) is 5.80. The van der Waals surface area contributed by atoms with Gasteiger partial charge in [-0.2, -0.15) is 0 Å². The minimum absolute atomic E-state index is 0.373. The summed E-state index contributed by atoms with van der Waals surface area (Å²) in [7, 11) is 0. The van der Waals surface area contributed by atoms with Crippen LogP contribution in [0.15, 0.2) is 41.6 Å². The topological polar surface area (TPSA) is 82.0 Å². The number of aryl methyl sites for hydroxylation is 1. The highest BCUT2D eigenvalue weighted by atomic mass is 32.2. The Labute approximate surface area is 116 Å². The molecule has 0 fully saturated rings. The summed E-state index contributed by atoms with van der Waals surface area (Å²) in [5.41, 5.74) is 14.1. The maximum atomic E-state index is 11.4. The molecular weight excluding hydrogens is 258 g/mol. The molecule has 4 N–H and O–H groups in total. The van der Waals surface area contributed by atoms with Gasteiger partial charge < -0.3 is 11.5 Å². The molecule has 1 amide bonds. The van der Waals surface area contributed by atoms with Crippen LogP contribution in [-0.2, 0) is 5.75 Å². The van der Waals surface area contributed by atoms with Crippen LogP contribution in [0.5, 0.6) is 0 Å². The molecule has 0 saturated carbocycles. The molecule has 0 spiro atoms.